The van der Waals surface area contributed by atoms with Gasteiger partial charge in [0.2, 0.25) is 0 Å². The first-order valence-corrected chi connectivity index (χ1v) is 7.80. The van der Waals surface area contributed by atoms with Crippen LogP contribution < -0.4 is 10.5 Å². The Morgan fingerprint density at radius 3 is 2.57 bits per heavy atom. The number of halogens is 1. The van der Waals surface area contributed by atoms with Crippen LogP contribution in [0.5, 0.6) is 5.75 Å². The molecule has 0 bridgehead atoms. The zero-order valence-electron chi connectivity index (χ0n) is 12.5. The number of hydrogen-bond donors (Lipinski definition) is 1. The van der Waals surface area contributed by atoms with Gasteiger partial charge in [-0.1, -0.05) is 24.3 Å². The molecule has 4 heteroatoms. The molecule has 2 aromatic rings. The lowest BCUT2D eigenvalue weighted by Crippen LogP contribution is -2.15. The summed E-state index contributed by atoms with van der Waals surface area (Å²) >= 11 is 1.42. The molecular formula is C17H20FNOS. The molecule has 0 heterocycles. The molecule has 0 saturated carbocycles. The Morgan fingerprint density at radius 1 is 1.19 bits per heavy atom. The Labute approximate surface area is 129 Å². The van der Waals surface area contributed by atoms with E-state index in [1.807, 2.05) is 32.0 Å². The van der Waals surface area contributed by atoms with Gasteiger partial charge in [0.25, 0.3) is 0 Å². The van der Waals surface area contributed by atoms with Crippen molar-refractivity contribution < 1.29 is 9.13 Å². The van der Waals surface area contributed by atoms with Crippen LogP contribution in [0.4, 0.5) is 4.39 Å². The van der Waals surface area contributed by atoms with E-state index in [1.54, 1.807) is 19.2 Å². The summed E-state index contributed by atoms with van der Waals surface area (Å²) in [5.74, 6) is 1.22. The van der Waals surface area contributed by atoms with Crippen LogP contribution >= 0.6 is 11.8 Å². The number of benzene rings is 2. The zero-order valence-corrected chi connectivity index (χ0v) is 13.3. The highest BCUT2D eigenvalue weighted by Gasteiger charge is 2.16. The highest BCUT2D eigenvalue weighted by atomic mass is 32.2. The number of hydrogen-bond acceptors (Lipinski definition) is 3. The van der Waals surface area contributed by atoms with E-state index in [1.165, 1.54) is 23.4 Å². The van der Waals surface area contributed by atoms with Gasteiger partial charge in [-0.25, -0.2) is 4.39 Å². The summed E-state index contributed by atoms with van der Waals surface area (Å²) in [6.07, 6.45) is 0. The molecule has 0 aromatic heterocycles. The van der Waals surface area contributed by atoms with Gasteiger partial charge in [0.15, 0.2) is 0 Å². The van der Waals surface area contributed by atoms with E-state index >= 15 is 0 Å². The van der Waals surface area contributed by atoms with Gasteiger partial charge in [0.1, 0.15) is 11.6 Å². The SMILES string of the molecule is COc1c(C(N)CSc2ccccc2F)ccc(C)c1C. The van der Waals surface area contributed by atoms with Crippen LogP contribution in [-0.2, 0) is 0 Å². The number of aryl methyl sites for hydroxylation is 1. The van der Waals surface area contributed by atoms with Gasteiger partial charge in [0, 0.05) is 22.3 Å². The fourth-order valence-electron chi connectivity index (χ4n) is 2.21. The first-order chi connectivity index (χ1) is 10.0. The molecule has 2 aromatic carbocycles. The lowest BCUT2D eigenvalue weighted by molar-refractivity contribution is 0.403. The number of methoxy groups -OCH3 is 1. The molecule has 0 amide bonds. The maximum Gasteiger partial charge on any atom is 0.136 e. The summed E-state index contributed by atoms with van der Waals surface area (Å²) in [4.78, 5) is 0.621. The number of rotatable bonds is 5. The van der Waals surface area contributed by atoms with E-state index in [4.69, 9.17) is 10.5 Å². The second-order valence-corrected chi connectivity index (χ2v) is 6.04. The molecule has 0 aliphatic rings. The molecular weight excluding hydrogens is 285 g/mol. The molecule has 112 valence electrons. The summed E-state index contributed by atoms with van der Waals surface area (Å²) < 4.78 is 19.1. The molecule has 0 aliphatic carbocycles. The van der Waals surface area contributed by atoms with Gasteiger partial charge < -0.3 is 10.5 Å². The molecule has 1 atom stereocenters. The van der Waals surface area contributed by atoms with Gasteiger partial charge >= 0.3 is 0 Å². The van der Waals surface area contributed by atoms with Crippen molar-refractivity contribution in [3.8, 4) is 5.75 Å². The van der Waals surface area contributed by atoms with Crippen LogP contribution in [0.25, 0.3) is 0 Å². The van der Waals surface area contributed by atoms with Crippen LogP contribution in [0.1, 0.15) is 22.7 Å². The number of thioether (sulfide) groups is 1. The first kappa shape index (κ1) is 15.9. The van der Waals surface area contributed by atoms with E-state index in [0.717, 1.165) is 16.9 Å². The second kappa shape index (κ2) is 6.96. The van der Waals surface area contributed by atoms with Crippen molar-refractivity contribution in [2.45, 2.75) is 24.8 Å². The Kier molecular flexibility index (Phi) is 5.26. The Bertz CT molecular complexity index is 630. The van der Waals surface area contributed by atoms with Crippen molar-refractivity contribution in [3.05, 3.63) is 58.9 Å². The summed E-state index contributed by atoms with van der Waals surface area (Å²) in [6.45, 7) is 4.07. The van der Waals surface area contributed by atoms with Crippen LogP contribution in [-0.4, -0.2) is 12.9 Å². The van der Waals surface area contributed by atoms with E-state index in [0.29, 0.717) is 10.6 Å². The highest BCUT2D eigenvalue weighted by molar-refractivity contribution is 7.99. The molecule has 21 heavy (non-hydrogen) atoms. The minimum atomic E-state index is -0.207. The molecule has 0 saturated heterocycles. The summed E-state index contributed by atoms with van der Waals surface area (Å²) in [5, 5.41) is 0. The van der Waals surface area contributed by atoms with Crippen molar-refractivity contribution in [1.82, 2.24) is 0 Å². The third-order valence-corrected chi connectivity index (χ3v) is 4.73. The normalized spacial score (nSPS) is 12.2. The highest BCUT2D eigenvalue weighted by Crippen LogP contribution is 2.33. The average molecular weight is 305 g/mol. The standard InChI is InChI=1S/C17H20FNOS/c1-11-8-9-13(17(20-3)12(11)2)15(19)10-21-16-7-5-4-6-14(16)18/h4-9,15H,10,19H2,1-3H3. The van der Waals surface area contributed by atoms with E-state index in [9.17, 15) is 4.39 Å². The lowest BCUT2D eigenvalue weighted by atomic mass is 10.0. The third kappa shape index (κ3) is 3.57. The zero-order chi connectivity index (χ0) is 15.4. The quantitative estimate of drug-likeness (QED) is 0.839. The number of ether oxygens (including phenoxy) is 1. The summed E-state index contributed by atoms with van der Waals surface area (Å²) in [6, 6.07) is 10.6. The Balaban J connectivity index is 2.16. The van der Waals surface area contributed by atoms with Crippen molar-refractivity contribution >= 4 is 11.8 Å². The maximum atomic E-state index is 13.6. The maximum absolute atomic E-state index is 13.6. The molecule has 0 spiro atoms. The molecule has 2 nitrogen and oxygen atoms in total. The van der Waals surface area contributed by atoms with E-state index in [-0.39, 0.29) is 11.9 Å². The Hall–Kier alpha value is -1.52. The molecule has 2 N–H and O–H groups in total. The molecule has 1 unspecified atom stereocenters. The average Bonchev–Trinajstić information content (AvgIpc) is 2.48. The van der Waals surface area contributed by atoms with E-state index in [2.05, 4.69) is 0 Å². The van der Waals surface area contributed by atoms with Crippen LogP contribution in [0.2, 0.25) is 0 Å². The summed E-state index contributed by atoms with van der Waals surface area (Å²) in [5.41, 5.74) is 9.50. The topological polar surface area (TPSA) is 35.2 Å². The lowest BCUT2D eigenvalue weighted by Gasteiger charge is -2.18. The van der Waals surface area contributed by atoms with Gasteiger partial charge in [0.05, 0.1) is 7.11 Å². The first-order valence-electron chi connectivity index (χ1n) is 6.81. The van der Waals surface area contributed by atoms with Gasteiger partial charge in [-0.3, -0.25) is 0 Å². The third-order valence-electron chi connectivity index (χ3n) is 3.57. The van der Waals surface area contributed by atoms with Crippen molar-refractivity contribution in [1.29, 1.82) is 0 Å². The largest absolute Gasteiger partial charge is 0.496 e. The monoisotopic (exact) mass is 305 g/mol. The van der Waals surface area contributed by atoms with Crippen molar-refractivity contribution in [2.24, 2.45) is 5.73 Å². The van der Waals surface area contributed by atoms with Gasteiger partial charge in [-0.05, 0) is 37.1 Å². The second-order valence-electron chi connectivity index (χ2n) is 4.98. The molecule has 0 fully saturated rings. The minimum absolute atomic E-state index is 0.205. The van der Waals surface area contributed by atoms with Crippen LogP contribution in [0, 0.1) is 19.7 Å². The smallest absolute Gasteiger partial charge is 0.136 e. The predicted octanol–water partition coefficient (Wildman–Crippen LogP) is 4.24. The van der Waals surface area contributed by atoms with Gasteiger partial charge in [-0.2, -0.15) is 0 Å². The number of nitrogens with two attached hydrogens (primary N) is 1. The summed E-state index contributed by atoms with van der Waals surface area (Å²) in [7, 11) is 1.65. The van der Waals surface area contributed by atoms with Crippen molar-refractivity contribution in [2.75, 3.05) is 12.9 Å². The molecule has 0 radical (unpaired) electrons. The van der Waals surface area contributed by atoms with Gasteiger partial charge in [-0.15, -0.1) is 11.8 Å². The molecule has 2 rings (SSSR count). The fraction of sp³-hybridized carbons (Fsp3) is 0.294. The predicted molar refractivity (Wildman–Crippen MR) is 86.5 cm³/mol. The van der Waals surface area contributed by atoms with E-state index < -0.39 is 0 Å². The van der Waals surface area contributed by atoms with Crippen LogP contribution in [0.3, 0.4) is 0 Å². The fourth-order valence-corrected chi connectivity index (χ4v) is 3.12. The Morgan fingerprint density at radius 2 is 1.90 bits per heavy atom. The van der Waals surface area contributed by atoms with Crippen molar-refractivity contribution in [3.63, 3.8) is 0 Å². The van der Waals surface area contributed by atoms with Crippen LogP contribution in [0.15, 0.2) is 41.3 Å². The minimum Gasteiger partial charge on any atom is -0.496 e. The molecule has 0 aliphatic heterocycles.